The number of fused-ring (bicyclic) bond motifs is 4. The van der Waals surface area contributed by atoms with Gasteiger partial charge in [0, 0.05) is 78.1 Å². The molecule has 4 aromatic carbocycles. The number of H-pyrrole nitrogens is 1. The van der Waals surface area contributed by atoms with Crippen LogP contribution in [0.15, 0.2) is 70.7 Å². The van der Waals surface area contributed by atoms with E-state index in [1.54, 1.807) is 48.0 Å². The van der Waals surface area contributed by atoms with Crippen molar-refractivity contribution in [2.24, 2.45) is 10.8 Å². The van der Waals surface area contributed by atoms with Crippen molar-refractivity contribution < 1.29 is 64.3 Å². The van der Waals surface area contributed by atoms with Crippen LogP contribution in [0.25, 0.3) is 28.0 Å². The molecule has 0 spiro atoms. The van der Waals surface area contributed by atoms with Crippen LogP contribution in [-0.2, 0) is 27.2 Å². The van der Waals surface area contributed by atoms with Crippen molar-refractivity contribution >= 4 is 34.1 Å². The summed E-state index contributed by atoms with van der Waals surface area (Å²) < 4.78 is 20.7. The van der Waals surface area contributed by atoms with Gasteiger partial charge in [0.15, 0.2) is 17.9 Å². The molecule has 11 N–H and O–H groups in total. The Kier molecular flexibility index (Phi) is 12.4. The number of nitrogens with zero attached hydrogens (tertiary/aromatic N) is 4. The van der Waals surface area contributed by atoms with Gasteiger partial charge < -0.3 is 60.3 Å². The summed E-state index contributed by atoms with van der Waals surface area (Å²) in [6.45, 7) is 4.56. The molecule has 1 saturated heterocycles. The van der Waals surface area contributed by atoms with Gasteiger partial charge in [0.05, 0.1) is 65.7 Å². The number of benzene rings is 4. The van der Waals surface area contributed by atoms with Gasteiger partial charge in [0.25, 0.3) is 0 Å². The normalized spacial score (nSPS) is 22.2. The van der Waals surface area contributed by atoms with Crippen LogP contribution < -0.4 is 21.6 Å². The van der Waals surface area contributed by atoms with E-state index >= 15 is 0 Å². The first-order valence-corrected chi connectivity index (χ1v) is 22.5. The molecule has 0 radical (unpaired) electrons. The quantitative estimate of drug-likeness (QED) is 0.0478. The van der Waals surface area contributed by atoms with Crippen LogP contribution in [0.2, 0.25) is 0 Å². The predicted octanol–water partition coefficient (Wildman–Crippen LogP) is 3.02. The maximum absolute atomic E-state index is 14.1. The molecular formula is C49H51N7O14. The summed E-state index contributed by atoms with van der Waals surface area (Å²) in [6.07, 6.45) is -3.89. The zero-order valence-corrected chi connectivity index (χ0v) is 38.3. The van der Waals surface area contributed by atoms with Crippen molar-refractivity contribution in [2.75, 3.05) is 13.7 Å². The van der Waals surface area contributed by atoms with Crippen molar-refractivity contribution in [2.45, 2.75) is 95.2 Å². The van der Waals surface area contributed by atoms with Crippen LogP contribution in [0, 0.1) is 0 Å². The number of hydrogen-bond acceptors (Lipinski definition) is 17. The van der Waals surface area contributed by atoms with Gasteiger partial charge in [0.1, 0.15) is 34.3 Å². The zero-order valence-electron chi connectivity index (χ0n) is 38.3. The van der Waals surface area contributed by atoms with E-state index < -0.39 is 101 Å². The van der Waals surface area contributed by atoms with Crippen LogP contribution in [0.3, 0.4) is 0 Å². The molecular weight excluding hydrogens is 911 g/mol. The van der Waals surface area contributed by atoms with Gasteiger partial charge in [-0.05, 0) is 54.8 Å². The van der Waals surface area contributed by atoms with Crippen LogP contribution in [-0.4, -0.2) is 122 Å². The number of ether oxygens (including phenoxy) is 3. The minimum Gasteiger partial charge on any atom is -0.508 e. The third-order valence-corrected chi connectivity index (χ3v) is 13.4. The molecule has 6 atom stereocenters. The first-order chi connectivity index (χ1) is 33.3. The second-order valence-corrected chi connectivity index (χ2v) is 18.1. The number of aliphatic hydroxyl groups is 3. The fourth-order valence-electron chi connectivity index (χ4n) is 9.78. The van der Waals surface area contributed by atoms with Crippen LogP contribution in [0.4, 0.5) is 0 Å². The molecule has 6 aromatic rings. The Morgan fingerprint density at radius 3 is 2.49 bits per heavy atom. The topological polar surface area (TPSA) is 327 Å². The molecule has 0 saturated carbocycles. The molecule has 3 heterocycles. The zero-order chi connectivity index (χ0) is 50.1. The van der Waals surface area contributed by atoms with Crippen molar-refractivity contribution in [3.63, 3.8) is 0 Å². The lowest BCUT2D eigenvalue weighted by Gasteiger charge is -2.43. The molecule has 2 aliphatic carbocycles. The lowest BCUT2D eigenvalue weighted by atomic mass is 9.71. The van der Waals surface area contributed by atoms with Gasteiger partial charge in [-0.1, -0.05) is 26.0 Å². The molecule has 3 aliphatic rings. The van der Waals surface area contributed by atoms with Crippen molar-refractivity contribution in [3.8, 4) is 45.8 Å². The van der Waals surface area contributed by atoms with Crippen LogP contribution >= 0.6 is 0 Å². The van der Waals surface area contributed by atoms with Gasteiger partial charge in [-0.25, -0.2) is 19.9 Å². The lowest BCUT2D eigenvalue weighted by molar-refractivity contribution is -0.245. The predicted molar refractivity (Wildman–Crippen MR) is 249 cm³/mol. The molecule has 1 fully saturated rings. The number of aromatic amines is 1. The second kappa shape index (κ2) is 18.2. The summed E-state index contributed by atoms with van der Waals surface area (Å²) in [5, 5.41) is 90.0. The van der Waals surface area contributed by atoms with E-state index in [4.69, 9.17) is 19.9 Å². The number of hydrogen-bond donors (Lipinski definition) is 10. The molecule has 2 aromatic heterocycles. The summed E-state index contributed by atoms with van der Waals surface area (Å²) in [5.74, 6) is -3.92. The molecule has 9 rings (SSSR count). The molecule has 1 aliphatic heterocycles. The van der Waals surface area contributed by atoms with Crippen molar-refractivity contribution in [1.29, 1.82) is 0 Å². The molecule has 366 valence electrons. The van der Waals surface area contributed by atoms with Gasteiger partial charge in [-0.3, -0.25) is 14.4 Å². The minimum atomic E-state index is -2.22. The summed E-state index contributed by atoms with van der Waals surface area (Å²) in [6, 6.07) is 13.3. The highest BCUT2D eigenvalue weighted by atomic mass is 16.7. The Morgan fingerprint density at radius 1 is 1.01 bits per heavy atom. The Balaban J connectivity index is 0.975. The van der Waals surface area contributed by atoms with E-state index in [0.717, 1.165) is 0 Å². The number of aromatic nitrogens is 4. The average molecular weight is 962 g/mol. The smallest absolute Gasteiger partial charge is 0.348 e. The highest BCUT2D eigenvalue weighted by Crippen LogP contribution is 2.53. The number of ketones is 2. The number of nitrogens with one attached hydrogen (secondary N) is 2. The minimum absolute atomic E-state index is 0.0404. The summed E-state index contributed by atoms with van der Waals surface area (Å²) in [5.41, 5.74) is 5.77. The summed E-state index contributed by atoms with van der Waals surface area (Å²) in [7, 11) is 1.31. The first-order valence-electron chi connectivity index (χ1n) is 22.5. The van der Waals surface area contributed by atoms with Gasteiger partial charge in [-0.15, -0.1) is 0 Å². The number of methoxy groups -OCH3 is 1. The molecule has 0 bridgehead atoms. The second-order valence-electron chi connectivity index (χ2n) is 18.1. The molecule has 70 heavy (non-hydrogen) atoms. The maximum Gasteiger partial charge on any atom is 0.348 e. The molecule has 0 unspecified atom stereocenters. The molecule has 1 amide bonds. The van der Waals surface area contributed by atoms with Crippen molar-refractivity contribution in [1.82, 2.24) is 24.8 Å². The Labute approximate surface area is 398 Å². The van der Waals surface area contributed by atoms with E-state index in [0.29, 0.717) is 22.2 Å². The number of carbonyl (C=O) groups is 3. The maximum atomic E-state index is 14.1. The van der Waals surface area contributed by atoms with E-state index in [2.05, 4.69) is 20.7 Å². The van der Waals surface area contributed by atoms with E-state index in [-0.39, 0.29) is 81.9 Å². The van der Waals surface area contributed by atoms with Gasteiger partial charge in [-0.2, -0.15) is 10.2 Å². The summed E-state index contributed by atoms with van der Waals surface area (Å²) >= 11 is 0. The third kappa shape index (κ3) is 8.04. The number of phenols is 4. The Morgan fingerprint density at radius 2 is 1.77 bits per heavy atom. The number of aliphatic hydroxyl groups excluding tert-OH is 2. The SMILES string of the molecule is COc1cccc2c1C(=O)c1c(O)c3c(c(O)c1C2=O)C[C@@](O)(C(CO)=NNC(=O)CCn1ccc2cc(-n4c(-c5cc(C(C)C)c(O)cc5O)n[nH]c4=O)ccc21)C[C@@H]3O[C@H]1C[C@H](N)[C@H](O)[C@H](C)O1. The Bertz CT molecular complexity index is 3200. The number of aromatic hydroxyl groups is 4. The Hall–Kier alpha value is -7.40. The van der Waals surface area contributed by atoms with Gasteiger partial charge in [0.2, 0.25) is 11.7 Å². The molecule has 21 heteroatoms. The average Bonchev–Trinajstić information content (AvgIpc) is 3.92. The third-order valence-electron chi connectivity index (χ3n) is 13.4. The van der Waals surface area contributed by atoms with E-state index in [9.17, 15) is 54.9 Å². The van der Waals surface area contributed by atoms with Crippen molar-refractivity contribution in [3.05, 3.63) is 110 Å². The number of hydrazone groups is 1. The number of carbonyl (C=O) groups excluding carboxylic acids is 3. The number of amides is 1. The fraction of sp³-hybridized carbons (Fsp3) is 0.347. The number of aryl methyl sites for hydroxylation is 1. The van der Waals surface area contributed by atoms with Gasteiger partial charge >= 0.3 is 5.69 Å². The van der Waals surface area contributed by atoms with E-state index in [1.165, 1.54) is 35.9 Å². The molecule has 21 nitrogen and oxygen atoms in total. The lowest BCUT2D eigenvalue weighted by Crippen LogP contribution is -2.53. The monoisotopic (exact) mass is 961 g/mol. The fourth-order valence-corrected chi connectivity index (χ4v) is 9.78. The van der Waals surface area contributed by atoms with E-state index in [1.807, 2.05) is 13.8 Å². The number of nitrogens with two attached hydrogens (primary N) is 1. The van der Waals surface area contributed by atoms with Crippen LogP contribution in [0.1, 0.15) is 101 Å². The van der Waals surface area contributed by atoms with Crippen LogP contribution in [0.5, 0.6) is 28.7 Å². The largest absolute Gasteiger partial charge is 0.508 e. The summed E-state index contributed by atoms with van der Waals surface area (Å²) in [4.78, 5) is 54.6. The highest BCUT2D eigenvalue weighted by molar-refractivity contribution is 6.31. The standard InChI is InChI=1S/C49H51N7O14/c1-21(2)26-15-27(32(59)17-31(26)58)47-53-54-48(66)56(47)24-8-9-30-23(14-24)10-12-55(30)13-11-36(60)52-51-35(20-57)49(67)18-28-39(34(19-49)70-37-16-29(50)42(61)22(3)69-37)46(65)41-40(44(28)63)43(62)25-6-5-7-33(68-4)38(25)45(41)64/h5-10,12,14-15,17,21-22,29,34,37,42,57-59,61,63,65,67H,11,13,16,18-20,50H2,1-4H3,(H,52,60)(H,54,66)/t22-,29-,34-,37-,42+,49-/m0/s1. The first kappa shape index (κ1) is 47.7. The number of phenolic OH excluding ortho intramolecular Hbond substituents is 4. The highest BCUT2D eigenvalue weighted by Gasteiger charge is 2.49. The number of rotatable bonds is 12.